The molecular weight excluding hydrogens is 224 g/mol. The van der Waals surface area contributed by atoms with Crippen LogP contribution in [0.2, 0.25) is 0 Å². The Morgan fingerprint density at radius 1 is 1.17 bits per heavy atom. The van der Waals surface area contributed by atoms with Gasteiger partial charge in [0.1, 0.15) is 0 Å². The van der Waals surface area contributed by atoms with Crippen molar-refractivity contribution in [3.05, 3.63) is 0 Å². The first kappa shape index (κ1) is 13.9. The zero-order valence-electron chi connectivity index (χ0n) is 12.4. The van der Waals surface area contributed by atoms with Crippen LogP contribution < -0.4 is 0 Å². The normalized spacial score (nSPS) is 34.9. The van der Waals surface area contributed by atoms with Crippen molar-refractivity contribution in [3.63, 3.8) is 0 Å². The first-order valence-electron chi connectivity index (χ1n) is 7.66. The highest BCUT2D eigenvalue weighted by Gasteiger charge is 2.47. The molecule has 0 radical (unpaired) electrons. The molecule has 18 heavy (non-hydrogen) atoms. The third-order valence-corrected chi connectivity index (χ3v) is 5.59. The summed E-state index contributed by atoms with van der Waals surface area (Å²) in [6, 6.07) is 0. The minimum Gasteiger partial charge on any atom is -0.465 e. The molecule has 0 aliphatic heterocycles. The summed E-state index contributed by atoms with van der Waals surface area (Å²) in [5, 5.41) is 0. The maximum Gasteiger partial charge on any atom is 0.311 e. The van der Waals surface area contributed by atoms with Crippen LogP contribution in [0, 0.1) is 29.1 Å². The first-order valence-corrected chi connectivity index (χ1v) is 7.66. The van der Waals surface area contributed by atoms with E-state index in [1.54, 1.807) is 0 Å². The van der Waals surface area contributed by atoms with E-state index in [1.165, 1.54) is 25.7 Å². The topological polar surface area (TPSA) is 26.3 Å². The van der Waals surface area contributed by atoms with Crippen LogP contribution in [0.5, 0.6) is 0 Å². The Morgan fingerprint density at radius 3 is 2.33 bits per heavy atom. The second-order valence-corrected chi connectivity index (χ2v) is 6.91. The fourth-order valence-corrected chi connectivity index (χ4v) is 3.94. The number of ether oxygens (including phenoxy) is 1. The number of fused-ring (bicyclic) bond motifs is 2. The third kappa shape index (κ3) is 2.44. The first-order chi connectivity index (χ1) is 8.49. The van der Waals surface area contributed by atoms with Crippen molar-refractivity contribution in [3.8, 4) is 0 Å². The Labute approximate surface area is 111 Å². The molecule has 4 atom stereocenters. The summed E-state index contributed by atoms with van der Waals surface area (Å²) in [6.07, 6.45) is 6.26. The summed E-state index contributed by atoms with van der Waals surface area (Å²) < 4.78 is 5.63. The minimum atomic E-state index is -0.320. The standard InChI is InChI=1S/C16H28O2/c1-5-13-11-7-8-12(9-11)14(13)10-18-15(17)16(3,4)6-2/h11-14H,5-10H2,1-4H3. The van der Waals surface area contributed by atoms with Crippen LogP contribution in [0.3, 0.4) is 0 Å². The van der Waals surface area contributed by atoms with E-state index in [0.29, 0.717) is 12.5 Å². The predicted octanol–water partition coefficient (Wildman–Crippen LogP) is 4.04. The largest absolute Gasteiger partial charge is 0.465 e. The maximum absolute atomic E-state index is 12.0. The molecule has 2 fully saturated rings. The summed E-state index contributed by atoms with van der Waals surface area (Å²) in [7, 11) is 0. The van der Waals surface area contributed by atoms with Crippen LogP contribution in [0.1, 0.15) is 59.8 Å². The van der Waals surface area contributed by atoms with Crippen molar-refractivity contribution in [1.29, 1.82) is 0 Å². The fraction of sp³-hybridized carbons (Fsp3) is 0.938. The molecule has 4 unspecified atom stereocenters. The van der Waals surface area contributed by atoms with Gasteiger partial charge in [-0.25, -0.2) is 0 Å². The molecule has 0 heterocycles. The SMILES string of the molecule is CCC1C2CCC(C2)C1COC(=O)C(C)(C)CC. The lowest BCUT2D eigenvalue weighted by atomic mass is 9.78. The Bertz CT molecular complexity index is 308. The molecule has 2 nitrogen and oxygen atoms in total. The van der Waals surface area contributed by atoms with Gasteiger partial charge in [-0.3, -0.25) is 4.79 Å². The molecule has 0 amide bonds. The summed E-state index contributed by atoms with van der Waals surface area (Å²) in [6.45, 7) is 8.96. The molecule has 2 aliphatic rings. The molecule has 0 spiro atoms. The lowest BCUT2D eigenvalue weighted by Gasteiger charge is -2.31. The maximum atomic E-state index is 12.0. The predicted molar refractivity (Wildman–Crippen MR) is 73.1 cm³/mol. The minimum absolute atomic E-state index is 0.0115. The number of esters is 1. The summed E-state index contributed by atoms with van der Waals surface area (Å²) >= 11 is 0. The van der Waals surface area contributed by atoms with E-state index in [9.17, 15) is 4.79 Å². The molecule has 2 bridgehead atoms. The van der Waals surface area contributed by atoms with Gasteiger partial charge in [-0.2, -0.15) is 0 Å². The molecule has 2 rings (SSSR count). The Kier molecular flexibility index (Phi) is 4.03. The summed E-state index contributed by atoms with van der Waals surface area (Å²) in [4.78, 5) is 12.0. The monoisotopic (exact) mass is 252 g/mol. The number of hydrogen-bond acceptors (Lipinski definition) is 2. The molecule has 0 saturated heterocycles. The fourth-order valence-electron chi connectivity index (χ4n) is 3.94. The van der Waals surface area contributed by atoms with Crippen molar-refractivity contribution in [2.45, 2.75) is 59.8 Å². The van der Waals surface area contributed by atoms with E-state index >= 15 is 0 Å². The quantitative estimate of drug-likeness (QED) is 0.690. The molecular formula is C16H28O2. The van der Waals surface area contributed by atoms with E-state index in [0.717, 1.165) is 24.2 Å². The zero-order chi connectivity index (χ0) is 13.3. The number of rotatable bonds is 5. The van der Waals surface area contributed by atoms with Gasteiger partial charge in [-0.15, -0.1) is 0 Å². The summed E-state index contributed by atoms with van der Waals surface area (Å²) in [5.41, 5.74) is -0.320. The van der Waals surface area contributed by atoms with Gasteiger partial charge in [0.05, 0.1) is 12.0 Å². The van der Waals surface area contributed by atoms with Crippen LogP contribution in [-0.2, 0) is 9.53 Å². The molecule has 0 aromatic carbocycles. The number of carbonyl (C=O) groups is 1. The lowest BCUT2D eigenvalue weighted by molar-refractivity contribution is -0.156. The molecule has 2 heteroatoms. The molecule has 2 saturated carbocycles. The van der Waals surface area contributed by atoms with Crippen LogP contribution in [0.4, 0.5) is 0 Å². The number of carbonyl (C=O) groups excluding carboxylic acids is 1. The van der Waals surface area contributed by atoms with Gasteiger partial charge in [0, 0.05) is 0 Å². The van der Waals surface area contributed by atoms with Crippen LogP contribution in [0.25, 0.3) is 0 Å². The van der Waals surface area contributed by atoms with Gasteiger partial charge in [0.25, 0.3) is 0 Å². The lowest BCUT2D eigenvalue weighted by Crippen LogP contribution is -2.31. The molecule has 104 valence electrons. The average Bonchev–Trinajstić information content (AvgIpc) is 2.95. The Morgan fingerprint density at radius 2 is 1.78 bits per heavy atom. The van der Waals surface area contributed by atoms with Gasteiger partial charge >= 0.3 is 5.97 Å². The van der Waals surface area contributed by atoms with Crippen molar-refractivity contribution < 1.29 is 9.53 Å². The van der Waals surface area contributed by atoms with E-state index in [-0.39, 0.29) is 11.4 Å². The van der Waals surface area contributed by atoms with E-state index < -0.39 is 0 Å². The average molecular weight is 252 g/mol. The number of hydrogen-bond donors (Lipinski definition) is 0. The molecule has 0 aromatic heterocycles. The molecule has 0 aromatic rings. The highest BCUT2D eigenvalue weighted by molar-refractivity contribution is 5.75. The zero-order valence-corrected chi connectivity index (χ0v) is 12.4. The van der Waals surface area contributed by atoms with Crippen LogP contribution in [-0.4, -0.2) is 12.6 Å². The van der Waals surface area contributed by atoms with Crippen LogP contribution in [0.15, 0.2) is 0 Å². The highest BCUT2D eigenvalue weighted by Crippen LogP contribution is 2.53. The van der Waals surface area contributed by atoms with Crippen molar-refractivity contribution >= 4 is 5.97 Å². The summed E-state index contributed by atoms with van der Waals surface area (Å²) in [5.74, 6) is 3.19. The van der Waals surface area contributed by atoms with Gasteiger partial charge in [0.15, 0.2) is 0 Å². The van der Waals surface area contributed by atoms with Crippen molar-refractivity contribution in [1.82, 2.24) is 0 Å². The van der Waals surface area contributed by atoms with Crippen molar-refractivity contribution in [2.24, 2.45) is 29.1 Å². The third-order valence-electron chi connectivity index (χ3n) is 5.59. The smallest absolute Gasteiger partial charge is 0.311 e. The Balaban J connectivity index is 1.89. The van der Waals surface area contributed by atoms with Gasteiger partial charge in [-0.1, -0.05) is 20.3 Å². The Hall–Kier alpha value is -0.530. The highest BCUT2D eigenvalue weighted by atomic mass is 16.5. The molecule has 2 aliphatic carbocycles. The van der Waals surface area contributed by atoms with E-state index in [4.69, 9.17) is 4.74 Å². The van der Waals surface area contributed by atoms with E-state index in [2.05, 4.69) is 6.92 Å². The second-order valence-electron chi connectivity index (χ2n) is 6.91. The van der Waals surface area contributed by atoms with Crippen molar-refractivity contribution in [2.75, 3.05) is 6.61 Å². The second kappa shape index (κ2) is 5.22. The van der Waals surface area contributed by atoms with Crippen LogP contribution >= 0.6 is 0 Å². The van der Waals surface area contributed by atoms with E-state index in [1.807, 2.05) is 20.8 Å². The molecule has 0 N–H and O–H groups in total. The van der Waals surface area contributed by atoms with Gasteiger partial charge in [-0.05, 0) is 63.2 Å². The van der Waals surface area contributed by atoms with Gasteiger partial charge < -0.3 is 4.74 Å². The van der Waals surface area contributed by atoms with Gasteiger partial charge in [0.2, 0.25) is 0 Å².